The third-order valence-corrected chi connectivity index (χ3v) is 3.94. The number of hydrogen-bond acceptors (Lipinski definition) is 3. The minimum atomic E-state index is 0.579. The van der Waals surface area contributed by atoms with Crippen LogP contribution in [-0.4, -0.2) is 35.6 Å². The van der Waals surface area contributed by atoms with Gasteiger partial charge in [-0.05, 0) is 51.1 Å². The Morgan fingerprint density at radius 1 is 1.16 bits per heavy atom. The summed E-state index contributed by atoms with van der Waals surface area (Å²) in [7, 11) is 0. The summed E-state index contributed by atoms with van der Waals surface area (Å²) in [5.74, 6) is 0.977. The van der Waals surface area contributed by atoms with Gasteiger partial charge in [-0.3, -0.25) is 4.90 Å². The van der Waals surface area contributed by atoms with Crippen molar-refractivity contribution >= 4 is 16.7 Å². The highest BCUT2D eigenvalue weighted by Crippen LogP contribution is 2.16. The molecule has 0 bridgehead atoms. The van der Waals surface area contributed by atoms with Gasteiger partial charge in [0.25, 0.3) is 0 Å². The van der Waals surface area contributed by atoms with E-state index in [4.69, 9.17) is 0 Å². The molecule has 1 aromatic heterocycles. The van der Waals surface area contributed by atoms with E-state index in [2.05, 4.69) is 46.4 Å². The third kappa shape index (κ3) is 2.87. The van der Waals surface area contributed by atoms with Crippen molar-refractivity contribution in [1.29, 1.82) is 0 Å². The third-order valence-electron chi connectivity index (χ3n) is 3.94. The number of anilines is 1. The lowest BCUT2D eigenvalue weighted by Gasteiger charge is -2.24. The van der Waals surface area contributed by atoms with Gasteiger partial charge in [0.15, 0.2) is 0 Å². The molecule has 2 heterocycles. The molecule has 1 atom stereocenters. The molecule has 3 heteroatoms. The lowest BCUT2D eigenvalue weighted by molar-refractivity contribution is 0.269. The first kappa shape index (κ1) is 12.4. The van der Waals surface area contributed by atoms with Crippen LogP contribution < -0.4 is 5.32 Å². The molecule has 1 unspecified atom stereocenters. The van der Waals surface area contributed by atoms with Gasteiger partial charge in [-0.15, -0.1) is 0 Å². The monoisotopic (exact) mass is 255 g/mol. The van der Waals surface area contributed by atoms with Crippen molar-refractivity contribution in [3.05, 3.63) is 36.4 Å². The van der Waals surface area contributed by atoms with Crippen molar-refractivity contribution in [3.8, 4) is 0 Å². The van der Waals surface area contributed by atoms with Crippen LogP contribution in [0.15, 0.2) is 36.4 Å². The molecule has 0 saturated carbocycles. The fraction of sp³-hybridized carbons (Fsp3) is 0.438. The lowest BCUT2D eigenvalue weighted by Crippen LogP contribution is -2.35. The number of hydrogen-bond donors (Lipinski definition) is 1. The normalized spacial score (nSPS) is 17.7. The lowest BCUT2D eigenvalue weighted by atomic mass is 10.2. The summed E-state index contributed by atoms with van der Waals surface area (Å²) in [5.41, 5.74) is 1.06. The van der Waals surface area contributed by atoms with Crippen molar-refractivity contribution < 1.29 is 0 Å². The van der Waals surface area contributed by atoms with Gasteiger partial charge in [0.2, 0.25) is 0 Å². The maximum absolute atomic E-state index is 4.64. The fourth-order valence-corrected chi connectivity index (χ4v) is 2.73. The Hall–Kier alpha value is -1.61. The molecule has 2 aromatic rings. The summed E-state index contributed by atoms with van der Waals surface area (Å²) >= 11 is 0. The van der Waals surface area contributed by atoms with E-state index in [1.165, 1.54) is 31.3 Å². The Labute approximate surface area is 114 Å². The molecule has 1 aromatic carbocycles. The fourth-order valence-electron chi connectivity index (χ4n) is 2.73. The SMILES string of the molecule is CC(CNc1ccc2ccccc2n1)N1CCCC1. The Balaban J connectivity index is 1.64. The zero-order valence-corrected chi connectivity index (χ0v) is 11.5. The molecule has 3 nitrogen and oxygen atoms in total. The molecule has 0 amide bonds. The number of aromatic nitrogens is 1. The van der Waals surface area contributed by atoms with Crippen LogP contribution in [0.5, 0.6) is 0 Å². The summed E-state index contributed by atoms with van der Waals surface area (Å²) in [4.78, 5) is 7.19. The number of likely N-dealkylation sites (tertiary alicyclic amines) is 1. The van der Waals surface area contributed by atoms with Crippen LogP contribution >= 0.6 is 0 Å². The summed E-state index contributed by atoms with van der Waals surface area (Å²) in [6.45, 7) is 5.74. The predicted molar refractivity (Wildman–Crippen MR) is 80.5 cm³/mol. The van der Waals surface area contributed by atoms with E-state index in [0.717, 1.165) is 17.9 Å². The minimum absolute atomic E-state index is 0.579. The smallest absolute Gasteiger partial charge is 0.126 e. The van der Waals surface area contributed by atoms with Crippen LogP contribution in [0.4, 0.5) is 5.82 Å². The van der Waals surface area contributed by atoms with Crippen molar-refractivity contribution in [1.82, 2.24) is 9.88 Å². The minimum Gasteiger partial charge on any atom is -0.368 e. The van der Waals surface area contributed by atoms with Crippen molar-refractivity contribution in [2.75, 3.05) is 25.0 Å². The van der Waals surface area contributed by atoms with Crippen LogP contribution in [0.3, 0.4) is 0 Å². The summed E-state index contributed by atoms with van der Waals surface area (Å²) in [6, 6.07) is 13.0. The van der Waals surface area contributed by atoms with Crippen LogP contribution in [0.2, 0.25) is 0 Å². The average Bonchev–Trinajstić information content (AvgIpc) is 2.99. The van der Waals surface area contributed by atoms with Crippen molar-refractivity contribution in [2.24, 2.45) is 0 Å². The van der Waals surface area contributed by atoms with Crippen molar-refractivity contribution in [3.63, 3.8) is 0 Å². The van der Waals surface area contributed by atoms with E-state index in [-0.39, 0.29) is 0 Å². The maximum Gasteiger partial charge on any atom is 0.126 e. The van der Waals surface area contributed by atoms with E-state index < -0.39 is 0 Å². The van der Waals surface area contributed by atoms with Gasteiger partial charge in [-0.2, -0.15) is 0 Å². The van der Waals surface area contributed by atoms with Crippen LogP contribution in [0, 0.1) is 0 Å². The molecule has 3 rings (SSSR count). The van der Waals surface area contributed by atoms with Gasteiger partial charge in [0, 0.05) is 18.0 Å². The second kappa shape index (κ2) is 5.57. The quantitative estimate of drug-likeness (QED) is 0.909. The number of nitrogens with one attached hydrogen (secondary N) is 1. The van der Waals surface area contributed by atoms with Gasteiger partial charge in [0.05, 0.1) is 5.52 Å². The van der Waals surface area contributed by atoms with Crippen LogP contribution in [0.25, 0.3) is 10.9 Å². The second-order valence-electron chi connectivity index (χ2n) is 5.36. The highest BCUT2D eigenvalue weighted by Gasteiger charge is 2.17. The van der Waals surface area contributed by atoms with E-state index in [0.29, 0.717) is 6.04 Å². The van der Waals surface area contributed by atoms with Crippen LogP contribution in [0.1, 0.15) is 19.8 Å². The first-order valence-corrected chi connectivity index (χ1v) is 7.17. The Morgan fingerprint density at radius 2 is 1.95 bits per heavy atom. The molecule has 100 valence electrons. The second-order valence-corrected chi connectivity index (χ2v) is 5.36. The Bertz CT molecular complexity index is 546. The Morgan fingerprint density at radius 3 is 2.79 bits per heavy atom. The zero-order valence-electron chi connectivity index (χ0n) is 11.5. The molecular weight excluding hydrogens is 234 g/mol. The van der Waals surface area contributed by atoms with Gasteiger partial charge in [-0.1, -0.05) is 18.2 Å². The number of nitrogens with zero attached hydrogens (tertiary/aromatic N) is 2. The number of para-hydroxylation sites is 1. The highest BCUT2D eigenvalue weighted by molar-refractivity contribution is 5.80. The molecule has 0 radical (unpaired) electrons. The largest absolute Gasteiger partial charge is 0.368 e. The van der Waals surface area contributed by atoms with E-state index >= 15 is 0 Å². The Kier molecular flexibility index (Phi) is 3.65. The summed E-state index contributed by atoms with van der Waals surface area (Å²) in [6.07, 6.45) is 2.69. The van der Waals surface area contributed by atoms with E-state index in [1.54, 1.807) is 0 Å². The molecule has 1 saturated heterocycles. The summed E-state index contributed by atoms with van der Waals surface area (Å²) < 4.78 is 0. The van der Waals surface area contributed by atoms with Crippen LogP contribution in [-0.2, 0) is 0 Å². The zero-order chi connectivity index (χ0) is 13.1. The molecular formula is C16H21N3. The van der Waals surface area contributed by atoms with Crippen molar-refractivity contribution in [2.45, 2.75) is 25.8 Å². The van der Waals surface area contributed by atoms with Gasteiger partial charge in [0.1, 0.15) is 5.82 Å². The number of fused-ring (bicyclic) bond motifs is 1. The average molecular weight is 255 g/mol. The number of pyridine rings is 1. The highest BCUT2D eigenvalue weighted by atomic mass is 15.2. The maximum atomic E-state index is 4.64. The molecule has 1 aliphatic heterocycles. The number of rotatable bonds is 4. The van der Waals surface area contributed by atoms with Gasteiger partial charge < -0.3 is 5.32 Å². The van der Waals surface area contributed by atoms with E-state index in [9.17, 15) is 0 Å². The molecule has 1 aliphatic rings. The predicted octanol–water partition coefficient (Wildman–Crippen LogP) is 3.13. The first-order chi connectivity index (χ1) is 9.33. The molecule has 0 spiro atoms. The topological polar surface area (TPSA) is 28.2 Å². The molecule has 1 N–H and O–H groups in total. The molecule has 19 heavy (non-hydrogen) atoms. The van der Waals surface area contributed by atoms with Gasteiger partial charge >= 0.3 is 0 Å². The standard InChI is InChI=1S/C16H21N3/c1-13(19-10-4-5-11-19)12-17-16-9-8-14-6-2-3-7-15(14)18-16/h2-3,6-9,13H,4-5,10-12H2,1H3,(H,17,18). The number of benzene rings is 1. The molecule has 1 fully saturated rings. The summed E-state index contributed by atoms with van der Waals surface area (Å²) in [5, 5.41) is 4.66. The van der Waals surface area contributed by atoms with E-state index in [1.807, 2.05) is 12.1 Å². The molecule has 0 aliphatic carbocycles. The first-order valence-electron chi connectivity index (χ1n) is 7.17. The van der Waals surface area contributed by atoms with Gasteiger partial charge in [-0.25, -0.2) is 4.98 Å².